The van der Waals surface area contributed by atoms with E-state index in [0.717, 1.165) is 5.56 Å². The minimum absolute atomic E-state index is 0.140. The fraction of sp³-hybridized carbons (Fsp3) is 0.133. The number of primary amides is 1. The second-order valence-corrected chi connectivity index (χ2v) is 5.13. The lowest BCUT2D eigenvalue weighted by molar-refractivity contribution is -0.384. The lowest BCUT2D eigenvalue weighted by Gasteiger charge is -2.20. The largest absolute Gasteiger partial charge is 0.368 e. The first kappa shape index (κ1) is 15.8. The van der Waals surface area contributed by atoms with E-state index in [1.54, 1.807) is 37.3 Å². The van der Waals surface area contributed by atoms with E-state index in [0.29, 0.717) is 10.6 Å². The number of nitrogens with one attached hydrogen (secondary N) is 1. The zero-order valence-electron chi connectivity index (χ0n) is 11.7. The van der Waals surface area contributed by atoms with Crippen LogP contribution in [0.4, 0.5) is 11.4 Å². The van der Waals surface area contributed by atoms with Gasteiger partial charge in [0.05, 0.1) is 4.92 Å². The van der Waals surface area contributed by atoms with Crippen molar-refractivity contribution in [3.05, 3.63) is 68.7 Å². The van der Waals surface area contributed by atoms with Crippen LogP contribution in [0.15, 0.2) is 42.5 Å². The van der Waals surface area contributed by atoms with Crippen LogP contribution in [0.2, 0.25) is 5.02 Å². The number of rotatable bonds is 5. The van der Waals surface area contributed by atoms with Gasteiger partial charge in [-0.25, -0.2) is 0 Å². The van der Waals surface area contributed by atoms with E-state index < -0.39 is 16.9 Å². The van der Waals surface area contributed by atoms with Gasteiger partial charge in [-0.2, -0.15) is 0 Å². The molecule has 1 unspecified atom stereocenters. The molecule has 7 heteroatoms. The van der Waals surface area contributed by atoms with E-state index in [4.69, 9.17) is 17.3 Å². The van der Waals surface area contributed by atoms with Gasteiger partial charge in [0.25, 0.3) is 5.69 Å². The summed E-state index contributed by atoms with van der Waals surface area (Å²) >= 11 is 6.16. The number of nitro benzene ring substituents is 1. The van der Waals surface area contributed by atoms with Gasteiger partial charge in [0.15, 0.2) is 0 Å². The summed E-state index contributed by atoms with van der Waals surface area (Å²) in [5.41, 5.74) is 6.79. The molecule has 0 radical (unpaired) electrons. The molecule has 0 heterocycles. The van der Waals surface area contributed by atoms with Gasteiger partial charge >= 0.3 is 0 Å². The predicted molar refractivity (Wildman–Crippen MR) is 84.8 cm³/mol. The first-order valence-electron chi connectivity index (χ1n) is 6.46. The Kier molecular flexibility index (Phi) is 4.62. The van der Waals surface area contributed by atoms with Crippen molar-refractivity contribution in [2.45, 2.75) is 13.0 Å². The van der Waals surface area contributed by atoms with Crippen LogP contribution in [0.5, 0.6) is 0 Å². The zero-order valence-corrected chi connectivity index (χ0v) is 12.5. The number of nitro groups is 1. The lowest BCUT2D eigenvalue weighted by atomic mass is 10.00. The number of hydrogen-bond acceptors (Lipinski definition) is 4. The quantitative estimate of drug-likeness (QED) is 0.653. The van der Waals surface area contributed by atoms with Crippen molar-refractivity contribution < 1.29 is 9.72 Å². The standard InChI is InChI=1S/C15H14ClN3O3/c1-9-5-4-6-10(16)13(9)14(15(17)20)18-11-7-2-3-8-12(11)19(21)22/h2-8,14,18H,1H3,(H2,17,20). The summed E-state index contributed by atoms with van der Waals surface area (Å²) in [6, 6.07) is 10.3. The molecule has 0 bridgehead atoms. The number of benzene rings is 2. The molecule has 0 aliphatic heterocycles. The smallest absolute Gasteiger partial charge is 0.292 e. The number of amides is 1. The Hall–Kier alpha value is -2.60. The number of aryl methyl sites for hydroxylation is 1. The third-order valence-electron chi connectivity index (χ3n) is 3.24. The molecule has 6 nitrogen and oxygen atoms in total. The van der Waals surface area contributed by atoms with Crippen LogP contribution in [-0.2, 0) is 4.79 Å². The number of anilines is 1. The number of halogens is 1. The topological polar surface area (TPSA) is 98.3 Å². The number of nitrogens with zero attached hydrogens (tertiary/aromatic N) is 1. The van der Waals surface area contributed by atoms with Crippen molar-refractivity contribution in [3.8, 4) is 0 Å². The van der Waals surface area contributed by atoms with Crippen LogP contribution in [0.25, 0.3) is 0 Å². The predicted octanol–water partition coefficient (Wildman–Crippen LogP) is 3.20. The van der Waals surface area contributed by atoms with E-state index in [1.165, 1.54) is 12.1 Å². The molecular weight excluding hydrogens is 306 g/mol. The van der Waals surface area contributed by atoms with E-state index in [-0.39, 0.29) is 11.4 Å². The number of para-hydroxylation sites is 2. The molecule has 0 saturated carbocycles. The molecule has 1 amide bonds. The average Bonchev–Trinajstić information content (AvgIpc) is 2.46. The molecule has 0 aromatic heterocycles. The van der Waals surface area contributed by atoms with Crippen LogP contribution < -0.4 is 11.1 Å². The summed E-state index contributed by atoms with van der Waals surface area (Å²) in [5.74, 6) is -0.672. The average molecular weight is 320 g/mol. The van der Waals surface area contributed by atoms with Crippen molar-refractivity contribution in [2.75, 3.05) is 5.32 Å². The van der Waals surface area contributed by atoms with Crippen molar-refractivity contribution in [1.82, 2.24) is 0 Å². The molecule has 2 aromatic carbocycles. The minimum atomic E-state index is -0.963. The monoisotopic (exact) mass is 319 g/mol. The lowest BCUT2D eigenvalue weighted by Crippen LogP contribution is -2.29. The Labute approximate surface area is 132 Å². The highest BCUT2D eigenvalue weighted by molar-refractivity contribution is 6.31. The van der Waals surface area contributed by atoms with E-state index in [2.05, 4.69) is 5.32 Å². The summed E-state index contributed by atoms with van der Waals surface area (Å²) in [4.78, 5) is 22.4. The molecular formula is C15H14ClN3O3. The number of carbonyl (C=O) groups excluding carboxylic acids is 1. The molecule has 0 aliphatic carbocycles. The Bertz CT molecular complexity index is 713. The maximum Gasteiger partial charge on any atom is 0.292 e. The third-order valence-corrected chi connectivity index (χ3v) is 3.57. The molecule has 3 N–H and O–H groups in total. The number of nitrogens with two attached hydrogens (primary N) is 1. The van der Waals surface area contributed by atoms with Crippen molar-refractivity contribution in [2.24, 2.45) is 5.73 Å². The molecule has 0 aliphatic rings. The Morgan fingerprint density at radius 2 is 1.95 bits per heavy atom. The fourth-order valence-electron chi connectivity index (χ4n) is 2.21. The highest BCUT2D eigenvalue weighted by Crippen LogP contribution is 2.32. The zero-order chi connectivity index (χ0) is 16.3. The molecule has 0 spiro atoms. The van der Waals surface area contributed by atoms with Gasteiger partial charge in [0, 0.05) is 16.7 Å². The minimum Gasteiger partial charge on any atom is -0.368 e. The second kappa shape index (κ2) is 6.44. The van der Waals surface area contributed by atoms with Gasteiger partial charge in [-0.3, -0.25) is 14.9 Å². The maximum atomic E-state index is 11.8. The van der Waals surface area contributed by atoms with Crippen LogP contribution in [-0.4, -0.2) is 10.8 Å². The van der Waals surface area contributed by atoms with E-state index in [9.17, 15) is 14.9 Å². The first-order chi connectivity index (χ1) is 10.4. The van der Waals surface area contributed by atoms with Gasteiger partial charge < -0.3 is 11.1 Å². The van der Waals surface area contributed by atoms with Crippen LogP contribution in [0.1, 0.15) is 17.2 Å². The van der Waals surface area contributed by atoms with Crippen molar-refractivity contribution in [1.29, 1.82) is 0 Å². The van der Waals surface area contributed by atoms with Crippen LogP contribution in [0, 0.1) is 17.0 Å². The highest BCUT2D eigenvalue weighted by atomic mass is 35.5. The van der Waals surface area contributed by atoms with E-state index in [1.807, 2.05) is 0 Å². The number of hydrogen-bond donors (Lipinski definition) is 2. The molecule has 2 aromatic rings. The summed E-state index contributed by atoms with van der Waals surface area (Å²) < 4.78 is 0. The summed E-state index contributed by atoms with van der Waals surface area (Å²) in [7, 11) is 0. The van der Waals surface area contributed by atoms with Gasteiger partial charge in [0.2, 0.25) is 5.91 Å². The number of carbonyl (C=O) groups is 1. The Balaban J connectivity index is 2.48. The fourth-order valence-corrected chi connectivity index (χ4v) is 2.54. The van der Waals surface area contributed by atoms with E-state index >= 15 is 0 Å². The first-order valence-corrected chi connectivity index (χ1v) is 6.84. The van der Waals surface area contributed by atoms with Crippen molar-refractivity contribution in [3.63, 3.8) is 0 Å². The maximum absolute atomic E-state index is 11.8. The van der Waals surface area contributed by atoms with Crippen LogP contribution >= 0.6 is 11.6 Å². The molecule has 0 saturated heterocycles. The molecule has 114 valence electrons. The van der Waals surface area contributed by atoms with Crippen molar-refractivity contribution >= 4 is 28.9 Å². The molecule has 2 rings (SSSR count). The van der Waals surface area contributed by atoms with Gasteiger partial charge in [-0.15, -0.1) is 0 Å². The van der Waals surface area contributed by atoms with Gasteiger partial charge in [-0.05, 0) is 24.6 Å². The normalized spacial score (nSPS) is 11.7. The SMILES string of the molecule is Cc1cccc(Cl)c1C(Nc1ccccc1[N+](=O)[O-])C(N)=O. The Morgan fingerprint density at radius 3 is 2.55 bits per heavy atom. The highest BCUT2D eigenvalue weighted by Gasteiger charge is 2.25. The summed E-state index contributed by atoms with van der Waals surface area (Å²) in [5, 5.41) is 14.3. The second-order valence-electron chi connectivity index (χ2n) is 4.72. The summed E-state index contributed by atoms with van der Waals surface area (Å²) in [6.45, 7) is 1.79. The molecule has 0 fully saturated rings. The Morgan fingerprint density at radius 1 is 1.27 bits per heavy atom. The third kappa shape index (κ3) is 3.17. The van der Waals surface area contributed by atoms with Crippen LogP contribution in [0.3, 0.4) is 0 Å². The van der Waals surface area contributed by atoms with Gasteiger partial charge in [-0.1, -0.05) is 35.9 Å². The molecule has 1 atom stereocenters. The molecule has 22 heavy (non-hydrogen) atoms. The summed E-state index contributed by atoms with van der Waals surface area (Å²) in [6.07, 6.45) is 0. The van der Waals surface area contributed by atoms with Gasteiger partial charge in [0.1, 0.15) is 11.7 Å².